The number of halogens is 3. The molecule has 0 N–H and O–H groups in total. The zero-order chi connectivity index (χ0) is 15.7. The zero-order valence-corrected chi connectivity index (χ0v) is 11.5. The summed E-state index contributed by atoms with van der Waals surface area (Å²) >= 11 is 0. The van der Waals surface area contributed by atoms with Crippen LogP contribution in [0, 0.1) is 6.92 Å². The lowest BCUT2D eigenvalue weighted by Gasteiger charge is -2.09. The lowest BCUT2D eigenvalue weighted by atomic mass is 10.0. The smallest absolute Gasteiger partial charge is 0.189 e. The number of hydrogen-bond acceptors (Lipinski definition) is 3. The Bertz CT molecular complexity index is 791. The summed E-state index contributed by atoms with van der Waals surface area (Å²) in [5.74, 6) is -1.14. The van der Waals surface area contributed by atoms with Crippen molar-refractivity contribution in [3.8, 4) is 16.8 Å². The number of alkyl halides is 3. The van der Waals surface area contributed by atoms with E-state index in [1.54, 1.807) is 12.1 Å². The first-order chi connectivity index (χ1) is 10.4. The second-order valence-electron chi connectivity index (χ2n) is 4.83. The molecule has 0 saturated heterocycles. The van der Waals surface area contributed by atoms with Gasteiger partial charge in [-0.1, -0.05) is 42.0 Å². The van der Waals surface area contributed by atoms with Gasteiger partial charge in [0.05, 0.1) is 5.69 Å². The van der Waals surface area contributed by atoms with Crippen LogP contribution < -0.4 is 0 Å². The van der Waals surface area contributed by atoms with Crippen molar-refractivity contribution in [3.63, 3.8) is 0 Å². The van der Waals surface area contributed by atoms with E-state index in [0.29, 0.717) is 4.68 Å². The summed E-state index contributed by atoms with van der Waals surface area (Å²) in [6.45, 7) is 1.97. The van der Waals surface area contributed by atoms with E-state index in [1.165, 1.54) is 6.07 Å². The maximum atomic E-state index is 12.9. The lowest BCUT2D eigenvalue weighted by molar-refractivity contribution is -0.146. The van der Waals surface area contributed by atoms with E-state index in [0.717, 1.165) is 16.7 Å². The van der Waals surface area contributed by atoms with Crippen LogP contribution in [-0.4, -0.2) is 20.2 Å². The fourth-order valence-corrected chi connectivity index (χ4v) is 2.10. The maximum Gasteiger partial charge on any atom is 0.453 e. The molecule has 0 spiro atoms. The van der Waals surface area contributed by atoms with Crippen molar-refractivity contribution >= 4 is 0 Å². The molecule has 112 valence electrons. The largest absolute Gasteiger partial charge is 0.453 e. The van der Waals surface area contributed by atoms with Crippen LogP contribution in [-0.2, 0) is 6.18 Å². The highest BCUT2D eigenvalue weighted by molar-refractivity contribution is 5.66. The fourth-order valence-electron chi connectivity index (χ4n) is 2.10. The molecule has 0 bridgehead atoms. The standard InChI is InChI=1S/C15H11F3N4/c1-10-5-7-11(8-6-10)12-3-2-4-13(9-12)22-14(15(16,17)18)19-20-21-22/h2-9H,1H3. The van der Waals surface area contributed by atoms with Gasteiger partial charge in [-0.15, -0.1) is 5.10 Å². The average molecular weight is 304 g/mol. The second-order valence-corrected chi connectivity index (χ2v) is 4.83. The molecule has 0 aliphatic carbocycles. The molecule has 0 saturated carbocycles. The topological polar surface area (TPSA) is 43.6 Å². The van der Waals surface area contributed by atoms with E-state index in [4.69, 9.17) is 0 Å². The summed E-state index contributed by atoms with van der Waals surface area (Å²) in [6, 6.07) is 14.4. The van der Waals surface area contributed by atoms with Gasteiger partial charge in [-0.3, -0.25) is 0 Å². The van der Waals surface area contributed by atoms with Crippen molar-refractivity contribution < 1.29 is 13.2 Å². The van der Waals surface area contributed by atoms with Gasteiger partial charge >= 0.3 is 6.18 Å². The van der Waals surface area contributed by atoms with Crippen molar-refractivity contribution in [2.24, 2.45) is 0 Å². The summed E-state index contributed by atoms with van der Waals surface area (Å²) < 4.78 is 39.3. The Balaban J connectivity index is 2.06. The number of hydrogen-bond donors (Lipinski definition) is 0. The molecule has 1 heterocycles. The first-order valence-electron chi connectivity index (χ1n) is 6.48. The van der Waals surface area contributed by atoms with Gasteiger partial charge in [0.2, 0.25) is 0 Å². The molecule has 3 rings (SSSR count). The lowest BCUT2D eigenvalue weighted by Crippen LogP contribution is -2.14. The number of aryl methyl sites for hydroxylation is 1. The molecular weight excluding hydrogens is 293 g/mol. The van der Waals surface area contributed by atoms with Gasteiger partial charge in [-0.25, -0.2) is 0 Å². The number of nitrogens with zero attached hydrogens (tertiary/aromatic N) is 4. The van der Waals surface area contributed by atoms with Crippen molar-refractivity contribution in [2.45, 2.75) is 13.1 Å². The normalized spacial score (nSPS) is 11.6. The Kier molecular flexibility index (Phi) is 3.40. The third-order valence-corrected chi connectivity index (χ3v) is 3.20. The van der Waals surface area contributed by atoms with Crippen LogP contribution in [0.4, 0.5) is 13.2 Å². The number of benzene rings is 2. The summed E-state index contributed by atoms with van der Waals surface area (Å²) in [7, 11) is 0. The van der Waals surface area contributed by atoms with Crippen LogP contribution in [0.2, 0.25) is 0 Å². The van der Waals surface area contributed by atoms with Crippen molar-refractivity contribution in [1.29, 1.82) is 0 Å². The second kappa shape index (κ2) is 5.25. The molecular formula is C15H11F3N4. The molecule has 0 aliphatic heterocycles. The van der Waals surface area contributed by atoms with E-state index in [9.17, 15) is 13.2 Å². The fraction of sp³-hybridized carbons (Fsp3) is 0.133. The third-order valence-electron chi connectivity index (χ3n) is 3.20. The predicted octanol–water partition coefficient (Wildman–Crippen LogP) is 3.66. The Labute approximate surface area is 124 Å². The SMILES string of the molecule is Cc1ccc(-c2cccc(-n3nnnc3C(F)(F)F)c2)cc1. The molecule has 7 heteroatoms. The summed E-state index contributed by atoms with van der Waals surface area (Å²) in [5, 5.41) is 9.61. The van der Waals surface area contributed by atoms with Crippen molar-refractivity contribution in [2.75, 3.05) is 0 Å². The first-order valence-corrected chi connectivity index (χ1v) is 6.48. The molecule has 3 aromatic rings. The van der Waals surface area contributed by atoms with Gasteiger partial charge in [0, 0.05) is 0 Å². The molecule has 22 heavy (non-hydrogen) atoms. The molecule has 4 nitrogen and oxygen atoms in total. The molecule has 0 unspecified atom stereocenters. The van der Waals surface area contributed by atoms with E-state index >= 15 is 0 Å². The molecule has 0 atom stereocenters. The predicted molar refractivity (Wildman–Crippen MR) is 74.3 cm³/mol. The van der Waals surface area contributed by atoms with E-state index in [-0.39, 0.29) is 5.69 Å². The number of aromatic nitrogens is 4. The maximum absolute atomic E-state index is 12.9. The zero-order valence-electron chi connectivity index (χ0n) is 11.5. The van der Waals surface area contributed by atoms with E-state index in [1.807, 2.05) is 37.3 Å². The van der Waals surface area contributed by atoms with E-state index in [2.05, 4.69) is 15.5 Å². The highest BCUT2D eigenvalue weighted by atomic mass is 19.4. The van der Waals surface area contributed by atoms with Crippen molar-refractivity contribution in [3.05, 3.63) is 59.9 Å². The highest BCUT2D eigenvalue weighted by Crippen LogP contribution is 2.29. The minimum atomic E-state index is -4.61. The molecule has 0 radical (unpaired) electrons. The van der Waals surface area contributed by atoms with Crippen LogP contribution in [0.3, 0.4) is 0 Å². The van der Waals surface area contributed by atoms with Crippen molar-refractivity contribution in [1.82, 2.24) is 20.2 Å². The Morgan fingerprint density at radius 1 is 0.955 bits per heavy atom. The average Bonchev–Trinajstić information content (AvgIpc) is 2.98. The number of rotatable bonds is 2. The molecule has 2 aromatic carbocycles. The van der Waals surface area contributed by atoms with Gasteiger partial charge in [0.25, 0.3) is 5.82 Å². The van der Waals surface area contributed by atoms with Gasteiger partial charge in [0.15, 0.2) is 0 Å². The van der Waals surface area contributed by atoms with Gasteiger partial charge in [-0.2, -0.15) is 17.9 Å². The van der Waals surface area contributed by atoms with Gasteiger partial charge in [-0.05, 0) is 40.6 Å². The Morgan fingerprint density at radius 2 is 1.68 bits per heavy atom. The van der Waals surface area contributed by atoms with Gasteiger partial charge in [0.1, 0.15) is 0 Å². The van der Waals surface area contributed by atoms with Crippen LogP contribution in [0.25, 0.3) is 16.8 Å². The van der Waals surface area contributed by atoms with Crippen LogP contribution >= 0.6 is 0 Å². The Hall–Kier alpha value is -2.70. The van der Waals surface area contributed by atoms with Crippen LogP contribution in [0.5, 0.6) is 0 Å². The van der Waals surface area contributed by atoms with Crippen LogP contribution in [0.15, 0.2) is 48.5 Å². The third kappa shape index (κ3) is 2.69. The minimum Gasteiger partial charge on any atom is -0.189 e. The van der Waals surface area contributed by atoms with E-state index < -0.39 is 12.0 Å². The highest BCUT2D eigenvalue weighted by Gasteiger charge is 2.38. The first kappa shape index (κ1) is 14.2. The monoisotopic (exact) mass is 304 g/mol. The molecule has 0 amide bonds. The quantitative estimate of drug-likeness (QED) is 0.725. The summed E-state index contributed by atoms with van der Waals surface area (Å²) in [5.41, 5.74) is 3.07. The molecule has 1 aromatic heterocycles. The number of tetrazole rings is 1. The van der Waals surface area contributed by atoms with Gasteiger partial charge < -0.3 is 0 Å². The minimum absolute atomic E-state index is 0.260. The molecule has 0 aliphatic rings. The summed E-state index contributed by atoms with van der Waals surface area (Å²) in [4.78, 5) is 0. The molecule has 0 fully saturated rings. The van der Waals surface area contributed by atoms with Crippen LogP contribution in [0.1, 0.15) is 11.4 Å². The summed E-state index contributed by atoms with van der Waals surface area (Å²) in [6.07, 6.45) is -4.61. The Morgan fingerprint density at radius 3 is 2.36 bits per heavy atom.